The van der Waals surface area contributed by atoms with Gasteiger partial charge in [0.15, 0.2) is 0 Å². The second-order valence-corrected chi connectivity index (χ2v) is 3.45. The summed E-state index contributed by atoms with van der Waals surface area (Å²) in [7, 11) is 0. The Morgan fingerprint density at radius 1 is 1.33 bits per heavy atom. The average Bonchev–Trinajstić information content (AvgIpc) is 2.62. The fraction of sp³-hybridized carbons (Fsp3) is 0.273. The molecule has 0 bridgehead atoms. The minimum Gasteiger partial charge on any atom is -0.364 e. The van der Waals surface area contributed by atoms with Gasteiger partial charge in [0.1, 0.15) is 17.3 Å². The van der Waals surface area contributed by atoms with E-state index in [0.29, 0.717) is 6.54 Å². The molecule has 2 aromatic rings. The summed E-state index contributed by atoms with van der Waals surface area (Å²) >= 11 is 0. The lowest BCUT2D eigenvalue weighted by molar-refractivity contribution is 0.391. The number of pyridine rings is 1. The summed E-state index contributed by atoms with van der Waals surface area (Å²) in [4.78, 5) is 4.33. The van der Waals surface area contributed by atoms with Crippen LogP contribution in [0.1, 0.15) is 17.1 Å². The van der Waals surface area contributed by atoms with E-state index >= 15 is 0 Å². The van der Waals surface area contributed by atoms with Crippen LogP contribution in [-0.2, 0) is 6.54 Å². The Kier molecular flexibility index (Phi) is 2.67. The second-order valence-electron chi connectivity index (χ2n) is 3.45. The number of aryl methyl sites for hydroxylation is 2. The molecule has 0 atom stereocenters. The van der Waals surface area contributed by atoms with E-state index in [1.54, 1.807) is 0 Å². The van der Waals surface area contributed by atoms with Crippen LogP contribution in [0.4, 0.5) is 5.82 Å². The normalized spacial score (nSPS) is 10.3. The van der Waals surface area contributed by atoms with Gasteiger partial charge >= 0.3 is 0 Å². The smallest absolute Gasteiger partial charge is 0.133 e. The molecule has 0 amide bonds. The molecular weight excluding hydrogens is 190 g/mol. The van der Waals surface area contributed by atoms with E-state index in [1.165, 1.54) is 0 Å². The quantitative estimate of drug-likeness (QED) is 0.831. The SMILES string of the molecule is Cc1cccc(NCc2cc(C)on2)n1. The van der Waals surface area contributed by atoms with Crippen LogP contribution in [-0.4, -0.2) is 10.1 Å². The molecule has 0 unspecified atom stereocenters. The minimum atomic E-state index is 0.633. The molecule has 0 aromatic carbocycles. The second kappa shape index (κ2) is 4.13. The van der Waals surface area contributed by atoms with Crippen molar-refractivity contribution in [2.75, 3.05) is 5.32 Å². The van der Waals surface area contributed by atoms with Crippen LogP contribution in [0, 0.1) is 13.8 Å². The maximum Gasteiger partial charge on any atom is 0.133 e. The first-order valence-electron chi connectivity index (χ1n) is 4.84. The van der Waals surface area contributed by atoms with Gasteiger partial charge in [0.05, 0.1) is 6.54 Å². The zero-order chi connectivity index (χ0) is 10.7. The van der Waals surface area contributed by atoms with E-state index in [0.717, 1.165) is 23.0 Å². The van der Waals surface area contributed by atoms with Crippen LogP contribution in [0.3, 0.4) is 0 Å². The zero-order valence-electron chi connectivity index (χ0n) is 8.82. The molecule has 78 valence electrons. The third-order valence-corrected chi connectivity index (χ3v) is 2.02. The summed E-state index contributed by atoms with van der Waals surface area (Å²) in [6, 6.07) is 7.77. The summed E-state index contributed by atoms with van der Waals surface area (Å²) in [5.41, 5.74) is 1.88. The van der Waals surface area contributed by atoms with Crippen LogP contribution >= 0.6 is 0 Å². The van der Waals surface area contributed by atoms with Crippen LogP contribution in [0.15, 0.2) is 28.8 Å². The van der Waals surface area contributed by atoms with E-state index in [-0.39, 0.29) is 0 Å². The Morgan fingerprint density at radius 2 is 2.20 bits per heavy atom. The number of nitrogens with one attached hydrogen (secondary N) is 1. The van der Waals surface area contributed by atoms with Gasteiger partial charge in [-0.15, -0.1) is 0 Å². The molecule has 0 fully saturated rings. The van der Waals surface area contributed by atoms with Gasteiger partial charge in [0.2, 0.25) is 0 Å². The Bertz CT molecular complexity index is 451. The molecular formula is C11H13N3O. The summed E-state index contributed by atoms with van der Waals surface area (Å²) in [5, 5.41) is 7.07. The van der Waals surface area contributed by atoms with Gasteiger partial charge in [-0.1, -0.05) is 11.2 Å². The van der Waals surface area contributed by atoms with Gasteiger partial charge in [-0.3, -0.25) is 0 Å². The number of hydrogen-bond acceptors (Lipinski definition) is 4. The van der Waals surface area contributed by atoms with Crippen LogP contribution in [0.5, 0.6) is 0 Å². The fourth-order valence-corrected chi connectivity index (χ4v) is 1.32. The highest BCUT2D eigenvalue weighted by Crippen LogP contribution is 2.07. The average molecular weight is 203 g/mol. The minimum absolute atomic E-state index is 0.633. The highest BCUT2D eigenvalue weighted by molar-refractivity contribution is 5.35. The summed E-state index contributed by atoms with van der Waals surface area (Å²) in [6.45, 7) is 4.47. The molecule has 0 aliphatic rings. The van der Waals surface area contributed by atoms with Crippen molar-refractivity contribution in [2.45, 2.75) is 20.4 Å². The van der Waals surface area contributed by atoms with Crippen molar-refractivity contribution >= 4 is 5.82 Å². The molecule has 0 saturated carbocycles. The maximum atomic E-state index is 4.97. The van der Waals surface area contributed by atoms with Crippen LogP contribution in [0.2, 0.25) is 0 Å². The van der Waals surface area contributed by atoms with Gasteiger partial charge in [-0.2, -0.15) is 0 Å². The lowest BCUT2D eigenvalue weighted by atomic mass is 10.3. The number of hydrogen-bond donors (Lipinski definition) is 1. The molecule has 2 heterocycles. The molecule has 0 aliphatic heterocycles. The predicted molar refractivity (Wildman–Crippen MR) is 57.5 cm³/mol. The lowest BCUT2D eigenvalue weighted by Gasteiger charge is -2.02. The Labute approximate surface area is 88.3 Å². The first-order chi connectivity index (χ1) is 7.24. The third-order valence-electron chi connectivity index (χ3n) is 2.02. The highest BCUT2D eigenvalue weighted by Gasteiger charge is 2.00. The summed E-state index contributed by atoms with van der Waals surface area (Å²) < 4.78 is 4.97. The molecule has 1 N–H and O–H groups in total. The van der Waals surface area contributed by atoms with Gasteiger partial charge in [-0.05, 0) is 26.0 Å². The lowest BCUT2D eigenvalue weighted by Crippen LogP contribution is -2.01. The standard InChI is InChI=1S/C11H13N3O/c1-8-4-3-5-11(13-8)12-7-10-6-9(2)15-14-10/h3-6H,7H2,1-2H3,(H,12,13). The van der Waals surface area contributed by atoms with Crippen molar-refractivity contribution in [2.24, 2.45) is 0 Å². The molecule has 4 heteroatoms. The molecule has 0 saturated heterocycles. The molecule has 2 rings (SSSR count). The summed E-state index contributed by atoms with van der Waals surface area (Å²) in [6.07, 6.45) is 0. The Morgan fingerprint density at radius 3 is 2.87 bits per heavy atom. The van der Waals surface area contributed by atoms with Crippen molar-refractivity contribution in [3.8, 4) is 0 Å². The number of aromatic nitrogens is 2. The van der Waals surface area contributed by atoms with Crippen LogP contribution in [0.25, 0.3) is 0 Å². The van der Waals surface area contributed by atoms with Crippen molar-refractivity contribution in [3.05, 3.63) is 41.4 Å². The molecule has 15 heavy (non-hydrogen) atoms. The molecule has 2 aromatic heterocycles. The topological polar surface area (TPSA) is 51.0 Å². The van der Waals surface area contributed by atoms with E-state index in [1.807, 2.05) is 38.1 Å². The van der Waals surface area contributed by atoms with Gasteiger partial charge in [0.25, 0.3) is 0 Å². The Hall–Kier alpha value is -1.84. The fourth-order valence-electron chi connectivity index (χ4n) is 1.32. The van der Waals surface area contributed by atoms with Crippen LogP contribution < -0.4 is 5.32 Å². The predicted octanol–water partition coefficient (Wildman–Crippen LogP) is 2.30. The van der Waals surface area contributed by atoms with Crippen molar-refractivity contribution in [1.82, 2.24) is 10.1 Å². The Balaban J connectivity index is 1.99. The van der Waals surface area contributed by atoms with E-state index in [4.69, 9.17) is 4.52 Å². The van der Waals surface area contributed by atoms with E-state index in [9.17, 15) is 0 Å². The van der Waals surface area contributed by atoms with Crippen molar-refractivity contribution < 1.29 is 4.52 Å². The van der Waals surface area contributed by atoms with Gasteiger partial charge in [-0.25, -0.2) is 4.98 Å². The molecule has 0 spiro atoms. The summed E-state index contributed by atoms with van der Waals surface area (Å²) in [5.74, 6) is 1.68. The monoisotopic (exact) mass is 203 g/mol. The first-order valence-corrected chi connectivity index (χ1v) is 4.84. The highest BCUT2D eigenvalue weighted by atomic mass is 16.5. The largest absolute Gasteiger partial charge is 0.364 e. The van der Waals surface area contributed by atoms with Gasteiger partial charge in [0, 0.05) is 11.8 Å². The van der Waals surface area contributed by atoms with Gasteiger partial charge < -0.3 is 9.84 Å². The van der Waals surface area contributed by atoms with E-state index < -0.39 is 0 Å². The molecule has 4 nitrogen and oxygen atoms in total. The molecule has 0 radical (unpaired) electrons. The maximum absolute atomic E-state index is 4.97. The number of anilines is 1. The number of rotatable bonds is 3. The zero-order valence-corrected chi connectivity index (χ0v) is 8.82. The molecule has 0 aliphatic carbocycles. The first kappa shape index (κ1) is 9.71. The van der Waals surface area contributed by atoms with Crippen molar-refractivity contribution in [1.29, 1.82) is 0 Å². The van der Waals surface area contributed by atoms with E-state index in [2.05, 4.69) is 15.5 Å². The van der Waals surface area contributed by atoms with Crippen molar-refractivity contribution in [3.63, 3.8) is 0 Å². The third kappa shape index (κ3) is 2.56. The number of nitrogens with zero attached hydrogens (tertiary/aromatic N) is 2.